The lowest BCUT2D eigenvalue weighted by Crippen LogP contribution is -2.34. The highest BCUT2D eigenvalue weighted by Crippen LogP contribution is 2.30. The molecule has 0 atom stereocenters. The van der Waals surface area contributed by atoms with Gasteiger partial charge in [-0.15, -0.1) is 0 Å². The Balaban J connectivity index is 2.59. The average Bonchev–Trinajstić information content (AvgIpc) is 2.39. The van der Waals surface area contributed by atoms with E-state index < -0.39 is 5.60 Å². The molecule has 0 aliphatic rings. The molecule has 0 saturated heterocycles. The van der Waals surface area contributed by atoms with Crippen molar-refractivity contribution in [2.75, 3.05) is 0 Å². The van der Waals surface area contributed by atoms with Gasteiger partial charge in [-0.25, -0.2) is 0 Å². The van der Waals surface area contributed by atoms with E-state index in [2.05, 4.69) is 0 Å². The lowest BCUT2D eigenvalue weighted by Gasteiger charge is -2.28. The fourth-order valence-electron chi connectivity index (χ4n) is 1.96. The first-order valence-electron chi connectivity index (χ1n) is 5.54. The third-order valence-corrected chi connectivity index (χ3v) is 2.93. The summed E-state index contributed by atoms with van der Waals surface area (Å²) in [5.41, 5.74) is 0.329. The van der Waals surface area contributed by atoms with Crippen LogP contribution in [-0.2, 0) is 5.60 Å². The third-order valence-electron chi connectivity index (χ3n) is 2.93. The van der Waals surface area contributed by atoms with Gasteiger partial charge < -0.3 is 10.5 Å². The van der Waals surface area contributed by atoms with Crippen LogP contribution in [0.3, 0.4) is 0 Å². The number of nitrogens with one attached hydrogen (secondary N) is 1. The lowest BCUT2D eigenvalue weighted by molar-refractivity contribution is 0.154. The van der Waals surface area contributed by atoms with Crippen molar-refractivity contribution in [3.8, 4) is 0 Å². The fourth-order valence-corrected chi connectivity index (χ4v) is 1.96. The summed E-state index contributed by atoms with van der Waals surface area (Å²) in [6.45, 7) is 1.62. The van der Waals surface area contributed by atoms with Crippen LogP contribution >= 0.6 is 0 Å². The van der Waals surface area contributed by atoms with E-state index in [0.717, 1.165) is 11.1 Å². The van der Waals surface area contributed by atoms with Gasteiger partial charge in [0.1, 0.15) is 0 Å². The third kappa shape index (κ3) is 1.99. The van der Waals surface area contributed by atoms with Crippen LogP contribution in [0.2, 0.25) is 0 Å². The number of aliphatic hydroxyl groups is 1. The Morgan fingerprint density at radius 1 is 0.882 bits per heavy atom. The summed E-state index contributed by atoms with van der Waals surface area (Å²) in [5, 5.41) is 18.7. The van der Waals surface area contributed by atoms with Crippen molar-refractivity contribution in [1.29, 1.82) is 5.41 Å². The Morgan fingerprint density at radius 3 is 1.53 bits per heavy atom. The number of hydrogen-bond donors (Lipinski definition) is 2. The zero-order chi connectivity index (χ0) is 12.3. The molecule has 0 bridgehead atoms. The van der Waals surface area contributed by atoms with Crippen molar-refractivity contribution >= 4 is 5.71 Å². The maximum atomic E-state index is 10.8. The maximum Gasteiger partial charge on any atom is 0.152 e. The summed E-state index contributed by atoms with van der Waals surface area (Å²) in [4.78, 5) is 0. The average molecular weight is 225 g/mol. The van der Waals surface area contributed by atoms with Crippen molar-refractivity contribution in [1.82, 2.24) is 0 Å². The van der Waals surface area contributed by atoms with E-state index >= 15 is 0 Å². The molecule has 0 fully saturated rings. The first-order chi connectivity index (χ1) is 8.15. The second-order valence-electron chi connectivity index (χ2n) is 4.07. The quantitative estimate of drug-likeness (QED) is 0.775. The molecule has 0 spiro atoms. The van der Waals surface area contributed by atoms with Crippen molar-refractivity contribution in [3.05, 3.63) is 71.8 Å². The minimum absolute atomic E-state index is 0.218. The normalized spacial score (nSPS) is 11.2. The first-order valence-corrected chi connectivity index (χ1v) is 5.54. The van der Waals surface area contributed by atoms with E-state index in [1.54, 1.807) is 6.92 Å². The van der Waals surface area contributed by atoms with Crippen LogP contribution in [0, 0.1) is 5.41 Å². The molecule has 0 saturated carbocycles. The molecule has 0 amide bonds. The Bertz CT molecular complexity index is 465. The molecule has 2 aromatic carbocycles. The van der Waals surface area contributed by atoms with Crippen molar-refractivity contribution < 1.29 is 5.11 Å². The predicted molar refractivity (Wildman–Crippen MR) is 69.3 cm³/mol. The van der Waals surface area contributed by atoms with Crippen molar-refractivity contribution in [2.24, 2.45) is 0 Å². The van der Waals surface area contributed by atoms with Gasteiger partial charge in [0.25, 0.3) is 0 Å². The number of benzene rings is 2. The highest BCUT2D eigenvalue weighted by atomic mass is 16.3. The van der Waals surface area contributed by atoms with Crippen LogP contribution in [-0.4, -0.2) is 10.8 Å². The zero-order valence-corrected chi connectivity index (χ0v) is 9.72. The molecule has 0 aromatic heterocycles. The molecule has 2 N–H and O–H groups in total. The second kappa shape index (κ2) is 4.52. The second-order valence-corrected chi connectivity index (χ2v) is 4.07. The highest BCUT2D eigenvalue weighted by Gasteiger charge is 2.33. The Hall–Kier alpha value is -1.93. The summed E-state index contributed by atoms with van der Waals surface area (Å²) in [6.07, 6.45) is 0. The Labute approximate surface area is 101 Å². The van der Waals surface area contributed by atoms with Gasteiger partial charge >= 0.3 is 0 Å². The summed E-state index contributed by atoms with van der Waals surface area (Å²) in [6, 6.07) is 18.6. The van der Waals surface area contributed by atoms with Gasteiger partial charge in [0.15, 0.2) is 5.60 Å². The van der Waals surface area contributed by atoms with E-state index in [0.29, 0.717) is 0 Å². The lowest BCUT2D eigenvalue weighted by atomic mass is 9.83. The molecular formula is C15H15NO. The van der Waals surface area contributed by atoms with Crippen LogP contribution in [0.15, 0.2) is 60.7 Å². The Kier molecular flexibility index (Phi) is 3.07. The smallest absolute Gasteiger partial charge is 0.152 e. The molecule has 2 nitrogen and oxygen atoms in total. The number of hydrogen-bond acceptors (Lipinski definition) is 2. The predicted octanol–water partition coefficient (Wildman–Crippen LogP) is 2.96. The maximum absolute atomic E-state index is 10.8. The molecule has 17 heavy (non-hydrogen) atoms. The van der Waals surface area contributed by atoms with E-state index in [1.807, 2.05) is 60.7 Å². The van der Waals surface area contributed by atoms with Crippen molar-refractivity contribution in [3.63, 3.8) is 0 Å². The van der Waals surface area contributed by atoms with Crippen LogP contribution < -0.4 is 0 Å². The summed E-state index contributed by atoms with van der Waals surface area (Å²) < 4.78 is 0. The monoisotopic (exact) mass is 225 g/mol. The molecule has 0 aliphatic carbocycles. The molecule has 0 heterocycles. The minimum atomic E-state index is -1.33. The fraction of sp³-hybridized carbons (Fsp3) is 0.133. The van der Waals surface area contributed by atoms with Gasteiger partial charge in [-0.1, -0.05) is 60.7 Å². The zero-order valence-electron chi connectivity index (χ0n) is 9.72. The van der Waals surface area contributed by atoms with Crippen LogP contribution in [0.5, 0.6) is 0 Å². The Morgan fingerprint density at radius 2 is 1.24 bits per heavy atom. The topological polar surface area (TPSA) is 44.1 Å². The van der Waals surface area contributed by atoms with Crippen molar-refractivity contribution in [2.45, 2.75) is 12.5 Å². The largest absolute Gasteiger partial charge is 0.375 e. The first kappa shape index (κ1) is 11.6. The molecule has 0 aliphatic heterocycles. The molecule has 2 aromatic rings. The van der Waals surface area contributed by atoms with Crippen LogP contribution in [0.25, 0.3) is 0 Å². The van der Waals surface area contributed by atoms with E-state index in [4.69, 9.17) is 5.41 Å². The standard InChI is InChI=1S/C15H15NO/c1-12(16)15(17,13-8-4-2-5-9-13)14-10-6-3-7-11-14/h2-11,16-17H,1H3. The van der Waals surface area contributed by atoms with Gasteiger partial charge in [-0.3, -0.25) is 0 Å². The van der Waals surface area contributed by atoms with Crippen LogP contribution in [0.4, 0.5) is 0 Å². The van der Waals surface area contributed by atoms with Gasteiger partial charge in [0.05, 0.1) is 0 Å². The molecular weight excluding hydrogens is 210 g/mol. The molecule has 0 unspecified atom stereocenters. The molecule has 2 heteroatoms. The van der Waals surface area contributed by atoms with Gasteiger partial charge in [-0.05, 0) is 18.1 Å². The summed E-state index contributed by atoms with van der Waals surface area (Å²) >= 11 is 0. The van der Waals surface area contributed by atoms with Gasteiger partial charge in [0, 0.05) is 5.71 Å². The number of rotatable bonds is 3. The van der Waals surface area contributed by atoms with E-state index in [-0.39, 0.29) is 5.71 Å². The van der Waals surface area contributed by atoms with Gasteiger partial charge in [-0.2, -0.15) is 0 Å². The summed E-state index contributed by atoms with van der Waals surface area (Å²) in [5.74, 6) is 0. The summed E-state index contributed by atoms with van der Waals surface area (Å²) in [7, 11) is 0. The minimum Gasteiger partial charge on any atom is -0.375 e. The molecule has 2 rings (SSSR count). The van der Waals surface area contributed by atoms with Crippen LogP contribution in [0.1, 0.15) is 18.1 Å². The SMILES string of the molecule is CC(=N)C(O)(c1ccccc1)c1ccccc1. The highest BCUT2D eigenvalue weighted by molar-refractivity contribution is 5.92. The molecule has 86 valence electrons. The van der Waals surface area contributed by atoms with Gasteiger partial charge in [0.2, 0.25) is 0 Å². The van der Waals surface area contributed by atoms with E-state index in [9.17, 15) is 5.11 Å². The molecule has 0 radical (unpaired) electrons. The van der Waals surface area contributed by atoms with E-state index in [1.165, 1.54) is 0 Å².